The van der Waals surface area contributed by atoms with Gasteiger partial charge in [0.05, 0.1) is 0 Å². The second kappa shape index (κ2) is 5.85. The van der Waals surface area contributed by atoms with E-state index in [1.54, 1.807) is 25.1 Å². The van der Waals surface area contributed by atoms with Crippen molar-refractivity contribution in [1.82, 2.24) is 4.57 Å². The van der Waals surface area contributed by atoms with Crippen LogP contribution in [-0.4, -0.2) is 10.5 Å². The topological polar surface area (TPSA) is 74.9 Å². The summed E-state index contributed by atoms with van der Waals surface area (Å²) in [5.74, 6) is -0.309. The van der Waals surface area contributed by atoms with Crippen molar-refractivity contribution >= 4 is 11.6 Å². The number of hydrogen-bond acceptors (Lipinski definition) is 3. The number of benzene rings is 1. The van der Waals surface area contributed by atoms with Crippen molar-refractivity contribution in [3.8, 4) is 6.07 Å². The van der Waals surface area contributed by atoms with Gasteiger partial charge in [-0.15, -0.1) is 0 Å². The molecule has 5 heteroatoms. The molecule has 0 spiro atoms. The highest BCUT2D eigenvalue weighted by Crippen LogP contribution is 2.05. The molecule has 0 bridgehead atoms. The summed E-state index contributed by atoms with van der Waals surface area (Å²) in [5.41, 5.74) is 0.885. The van der Waals surface area contributed by atoms with E-state index in [2.05, 4.69) is 5.32 Å². The standard InChI is InChI=1S/C15H13N3O2/c1-11-7-8-12(9-16)15(20)18(11)10-14(19)17-13-5-3-2-4-6-13/h2-8H,10H2,1H3,(H,17,19). The zero-order valence-electron chi connectivity index (χ0n) is 11.0. The maximum atomic E-state index is 12.0. The summed E-state index contributed by atoms with van der Waals surface area (Å²) in [6.45, 7) is 1.60. The van der Waals surface area contributed by atoms with E-state index < -0.39 is 5.56 Å². The molecule has 0 atom stereocenters. The Morgan fingerprint density at radius 2 is 1.95 bits per heavy atom. The number of carbonyl (C=O) groups is 1. The van der Waals surface area contributed by atoms with Gasteiger partial charge in [0.1, 0.15) is 18.2 Å². The van der Waals surface area contributed by atoms with Gasteiger partial charge in [0.15, 0.2) is 0 Å². The van der Waals surface area contributed by atoms with Gasteiger partial charge in [0, 0.05) is 11.4 Å². The van der Waals surface area contributed by atoms with E-state index in [0.29, 0.717) is 11.4 Å². The molecule has 20 heavy (non-hydrogen) atoms. The first kappa shape index (κ1) is 13.6. The molecule has 0 saturated carbocycles. The van der Waals surface area contributed by atoms with Crippen LogP contribution in [0.15, 0.2) is 47.3 Å². The highest BCUT2D eigenvalue weighted by Gasteiger charge is 2.10. The number of carbonyl (C=O) groups excluding carboxylic acids is 1. The van der Waals surface area contributed by atoms with Gasteiger partial charge in [0.25, 0.3) is 5.56 Å². The lowest BCUT2D eigenvalue weighted by atomic mass is 10.2. The fourth-order valence-corrected chi connectivity index (χ4v) is 1.82. The third-order valence-electron chi connectivity index (χ3n) is 2.87. The summed E-state index contributed by atoms with van der Waals surface area (Å²) in [6, 6.07) is 13.9. The van der Waals surface area contributed by atoms with E-state index in [9.17, 15) is 9.59 Å². The van der Waals surface area contributed by atoms with Crippen LogP contribution in [-0.2, 0) is 11.3 Å². The number of nitrogens with one attached hydrogen (secondary N) is 1. The molecule has 1 heterocycles. The summed E-state index contributed by atoms with van der Waals surface area (Å²) in [5, 5.41) is 11.5. The van der Waals surface area contributed by atoms with Crippen molar-refractivity contribution in [2.45, 2.75) is 13.5 Å². The lowest BCUT2D eigenvalue weighted by Gasteiger charge is -2.10. The summed E-state index contributed by atoms with van der Waals surface area (Å²) in [4.78, 5) is 23.9. The van der Waals surface area contributed by atoms with Gasteiger partial charge in [-0.1, -0.05) is 18.2 Å². The lowest BCUT2D eigenvalue weighted by molar-refractivity contribution is -0.116. The number of rotatable bonds is 3. The fourth-order valence-electron chi connectivity index (χ4n) is 1.82. The minimum atomic E-state index is -0.448. The Morgan fingerprint density at radius 3 is 2.60 bits per heavy atom. The molecule has 100 valence electrons. The monoisotopic (exact) mass is 267 g/mol. The first-order valence-electron chi connectivity index (χ1n) is 6.07. The Balaban J connectivity index is 2.21. The zero-order chi connectivity index (χ0) is 14.5. The molecular weight excluding hydrogens is 254 g/mol. The second-order valence-corrected chi connectivity index (χ2v) is 4.31. The molecule has 0 fully saturated rings. The van der Waals surface area contributed by atoms with Gasteiger partial charge >= 0.3 is 0 Å². The average molecular weight is 267 g/mol. The van der Waals surface area contributed by atoms with E-state index in [-0.39, 0.29) is 18.0 Å². The fraction of sp³-hybridized carbons (Fsp3) is 0.133. The Morgan fingerprint density at radius 1 is 1.25 bits per heavy atom. The van der Waals surface area contributed by atoms with Gasteiger partial charge in [-0.05, 0) is 31.2 Å². The molecule has 1 aromatic carbocycles. The van der Waals surface area contributed by atoms with Crippen molar-refractivity contribution in [3.05, 3.63) is 64.1 Å². The lowest BCUT2D eigenvalue weighted by Crippen LogP contribution is -2.30. The Kier molecular flexibility index (Phi) is 3.96. The SMILES string of the molecule is Cc1ccc(C#N)c(=O)n1CC(=O)Nc1ccccc1. The molecule has 0 aliphatic heterocycles. The van der Waals surface area contributed by atoms with Crippen LogP contribution in [0.5, 0.6) is 0 Å². The average Bonchev–Trinajstić information content (AvgIpc) is 2.45. The van der Waals surface area contributed by atoms with Crippen molar-refractivity contribution in [2.75, 3.05) is 5.32 Å². The molecule has 0 aliphatic carbocycles. The molecule has 1 aromatic heterocycles. The quantitative estimate of drug-likeness (QED) is 0.919. The molecular formula is C15H13N3O2. The predicted molar refractivity (Wildman–Crippen MR) is 75.2 cm³/mol. The largest absolute Gasteiger partial charge is 0.325 e. The molecule has 2 rings (SSSR count). The third kappa shape index (κ3) is 2.93. The number of nitriles is 1. The number of hydrogen-bond donors (Lipinski definition) is 1. The highest BCUT2D eigenvalue weighted by molar-refractivity contribution is 5.90. The van der Waals surface area contributed by atoms with E-state index in [4.69, 9.17) is 5.26 Å². The van der Waals surface area contributed by atoms with Crippen LogP contribution in [0.25, 0.3) is 0 Å². The van der Waals surface area contributed by atoms with Gasteiger partial charge < -0.3 is 9.88 Å². The van der Waals surface area contributed by atoms with Gasteiger partial charge in [-0.2, -0.15) is 5.26 Å². The molecule has 0 saturated heterocycles. The highest BCUT2D eigenvalue weighted by atomic mass is 16.2. The predicted octanol–water partition coefficient (Wildman–Crippen LogP) is 1.67. The third-order valence-corrected chi connectivity index (χ3v) is 2.87. The van der Waals surface area contributed by atoms with Crippen LogP contribution >= 0.6 is 0 Å². The number of aromatic nitrogens is 1. The van der Waals surface area contributed by atoms with Crippen molar-refractivity contribution < 1.29 is 4.79 Å². The first-order valence-corrected chi connectivity index (χ1v) is 6.07. The number of anilines is 1. The van der Waals surface area contributed by atoms with Gasteiger partial charge in [-0.3, -0.25) is 9.59 Å². The van der Waals surface area contributed by atoms with Crippen LogP contribution in [0, 0.1) is 18.3 Å². The molecule has 0 radical (unpaired) electrons. The Hall–Kier alpha value is -2.87. The van der Waals surface area contributed by atoms with Crippen molar-refractivity contribution in [2.24, 2.45) is 0 Å². The molecule has 0 unspecified atom stereocenters. The summed E-state index contributed by atoms with van der Waals surface area (Å²) < 4.78 is 1.29. The molecule has 5 nitrogen and oxygen atoms in total. The smallest absolute Gasteiger partial charge is 0.269 e. The van der Waals surface area contributed by atoms with Crippen LogP contribution in [0.3, 0.4) is 0 Å². The zero-order valence-corrected chi connectivity index (χ0v) is 11.0. The second-order valence-electron chi connectivity index (χ2n) is 4.31. The summed E-state index contributed by atoms with van der Waals surface area (Å²) >= 11 is 0. The molecule has 1 N–H and O–H groups in total. The maximum Gasteiger partial charge on any atom is 0.269 e. The molecule has 0 aliphatic rings. The Bertz CT molecular complexity index is 727. The van der Waals surface area contributed by atoms with Crippen LogP contribution < -0.4 is 10.9 Å². The minimum absolute atomic E-state index is 0.0307. The van der Waals surface area contributed by atoms with Crippen LogP contribution in [0.1, 0.15) is 11.3 Å². The van der Waals surface area contributed by atoms with Crippen LogP contribution in [0.4, 0.5) is 5.69 Å². The summed E-state index contributed by atoms with van der Waals surface area (Å²) in [7, 11) is 0. The number of para-hydroxylation sites is 1. The first-order chi connectivity index (χ1) is 9.61. The Labute approximate surface area is 116 Å². The van der Waals surface area contributed by atoms with E-state index in [0.717, 1.165) is 0 Å². The number of aryl methyl sites for hydroxylation is 1. The maximum absolute atomic E-state index is 12.0. The number of amides is 1. The van der Waals surface area contributed by atoms with Gasteiger partial charge in [0.2, 0.25) is 5.91 Å². The minimum Gasteiger partial charge on any atom is -0.325 e. The van der Waals surface area contributed by atoms with Gasteiger partial charge in [-0.25, -0.2) is 0 Å². The van der Waals surface area contributed by atoms with Crippen LogP contribution in [0.2, 0.25) is 0 Å². The summed E-state index contributed by atoms with van der Waals surface area (Å²) in [6.07, 6.45) is 0. The van der Waals surface area contributed by atoms with E-state index in [1.165, 1.54) is 10.6 Å². The molecule has 2 aromatic rings. The number of nitrogens with zero attached hydrogens (tertiary/aromatic N) is 2. The normalized spacial score (nSPS) is 9.80. The van der Waals surface area contributed by atoms with E-state index >= 15 is 0 Å². The van der Waals surface area contributed by atoms with Crippen molar-refractivity contribution in [1.29, 1.82) is 5.26 Å². The number of pyridine rings is 1. The van der Waals surface area contributed by atoms with Crippen molar-refractivity contribution in [3.63, 3.8) is 0 Å². The van der Waals surface area contributed by atoms with E-state index in [1.807, 2.05) is 24.3 Å². The molecule has 1 amide bonds.